The van der Waals surface area contributed by atoms with Crippen LogP contribution in [0.2, 0.25) is 0 Å². The molecule has 1 aromatic rings. The van der Waals surface area contributed by atoms with Crippen LogP contribution >= 0.6 is 0 Å². The van der Waals surface area contributed by atoms with Crippen LogP contribution in [0.1, 0.15) is 12.5 Å². The van der Waals surface area contributed by atoms with E-state index in [1.165, 1.54) is 0 Å². The van der Waals surface area contributed by atoms with E-state index in [0.717, 1.165) is 11.3 Å². The Morgan fingerprint density at radius 3 is 2.80 bits per heavy atom. The van der Waals surface area contributed by atoms with Gasteiger partial charge in [0.25, 0.3) is 0 Å². The molecule has 0 unspecified atom stereocenters. The number of hydrogen-bond donors (Lipinski definition) is 1. The van der Waals surface area contributed by atoms with Gasteiger partial charge in [0.05, 0.1) is 5.71 Å². The smallest absolute Gasteiger partial charge is 0.0657 e. The largest absolute Gasteiger partial charge is 0.357 e. The van der Waals surface area contributed by atoms with Gasteiger partial charge in [-0.2, -0.15) is 5.10 Å². The SMILES string of the molecule is CC(=NN)c1ccn(C)c1. The zero-order chi connectivity index (χ0) is 7.56. The lowest BCUT2D eigenvalue weighted by molar-refractivity contribution is 0.927. The minimum Gasteiger partial charge on any atom is -0.357 e. The third-order valence-electron chi connectivity index (χ3n) is 1.44. The van der Waals surface area contributed by atoms with Crippen molar-refractivity contribution < 1.29 is 0 Å². The number of nitrogens with two attached hydrogens (primary N) is 1. The summed E-state index contributed by atoms with van der Waals surface area (Å²) in [5.41, 5.74) is 1.94. The van der Waals surface area contributed by atoms with Gasteiger partial charge in [-0.15, -0.1) is 0 Å². The fourth-order valence-corrected chi connectivity index (χ4v) is 0.792. The quantitative estimate of drug-likeness (QED) is 0.346. The van der Waals surface area contributed by atoms with E-state index < -0.39 is 0 Å². The highest BCUT2D eigenvalue weighted by Crippen LogP contribution is 1.99. The van der Waals surface area contributed by atoms with Gasteiger partial charge in [-0.3, -0.25) is 0 Å². The lowest BCUT2D eigenvalue weighted by Crippen LogP contribution is -1.96. The molecule has 3 heteroatoms. The second-order valence-corrected chi connectivity index (χ2v) is 2.28. The number of hydrazone groups is 1. The Kier molecular flexibility index (Phi) is 1.76. The number of aromatic nitrogens is 1. The molecule has 2 N–H and O–H groups in total. The molecule has 0 aliphatic carbocycles. The fraction of sp³-hybridized carbons (Fsp3) is 0.286. The van der Waals surface area contributed by atoms with Crippen LogP contribution in [0.5, 0.6) is 0 Å². The second kappa shape index (κ2) is 2.56. The molecule has 0 radical (unpaired) electrons. The maximum absolute atomic E-state index is 5.09. The molecule has 1 rings (SSSR count). The van der Waals surface area contributed by atoms with Gasteiger partial charge >= 0.3 is 0 Å². The molecule has 0 bridgehead atoms. The summed E-state index contributed by atoms with van der Waals surface area (Å²) in [5.74, 6) is 5.09. The zero-order valence-electron chi connectivity index (χ0n) is 6.20. The average Bonchev–Trinajstić information content (AvgIpc) is 2.34. The minimum absolute atomic E-state index is 0.862. The van der Waals surface area contributed by atoms with E-state index in [1.54, 1.807) is 0 Å². The molecule has 10 heavy (non-hydrogen) atoms. The summed E-state index contributed by atoms with van der Waals surface area (Å²) >= 11 is 0. The highest BCUT2D eigenvalue weighted by Gasteiger charge is 1.95. The van der Waals surface area contributed by atoms with Crippen LogP contribution in [0, 0.1) is 0 Å². The van der Waals surface area contributed by atoms with E-state index in [-0.39, 0.29) is 0 Å². The van der Waals surface area contributed by atoms with E-state index >= 15 is 0 Å². The second-order valence-electron chi connectivity index (χ2n) is 2.28. The van der Waals surface area contributed by atoms with Crippen LogP contribution < -0.4 is 5.84 Å². The third-order valence-corrected chi connectivity index (χ3v) is 1.44. The first-order valence-corrected chi connectivity index (χ1v) is 3.11. The minimum atomic E-state index is 0.862. The first-order chi connectivity index (χ1) is 4.74. The Hall–Kier alpha value is -1.25. The van der Waals surface area contributed by atoms with Gasteiger partial charge in [0, 0.05) is 25.0 Å². The fourth-order valence-electron chi connectivity index (χ4n) is 0.792. The van der Waals surface area contributed by atoms with Crippen LogP contribution in [-0.4, -0.2) is 10.3 Å². The van der Waals surface area contributed by atoms with E-state index in [1.807, 2.05) is 37.0 Å². The average molecular weight is 137 g/mol. The standard InChI is InChI=1S/C7H11N3/c1-6(9-8)7-3-4-10(2)5-7/h3-5H,8H2,1-2H3. The van der Waals surface area contributed by atoms with Crippen molar-refractivity contribution in [2.75, 3.05) is 0 Å². The lowest BCUT2D eigenvalue weighted by Gasteiger charge is -1.90. The van der Waals surface area contributed by atoms with Gasteiger partial charge in [0.15, 0.2) is 0 Å². The molecule has 0 aliphatic rings. The topological polar surface area (TPSA) is 43.3 Å². The van der Waals surface area contributed by atoms with Crippen molar-refractivity contribution in [1.82, 2.24) is 4.57 Å². The van der Waals surface area contributed by atoms with Crippen molar-refractivity contribution in [3.8, 4) is 0 Å². The Bertz CT molecular complexity index is 247. The van der Waals surface area contributed by atoms with Crippen LogP contribution in [-0.2, 0) is 7.05 Å². The Morgan fingerprint density at radius 1 is 1.70 bits per heavy atom. The summed E-state index contributed by atoms with van der Waals surface area (Å²) in [6.07, 6.45) is 3.94. The Morgan fingerprint density at radius 2 is 2.40 bits per heavy atom. The number of nitrogens with zero attached hydrogens (tertiary/aromatic N) is 2. The van der Waals surface area contributed by atoms with Crippen molar-refractivity contribution in [2.24, 2.45) is 18.0 Å². The van der Waals surface area contributed by atoms with E-state index in [9.17, 15) is 0 Å². The maximum atomic E-state index is 5.09. The number of rotatable bonds is 1. The van der Waals surface area contributed by atoms with Crippen LogP contribution in [0.25, 0.3) is 0 Å². The van der Waals surface area contributed by atoms with Crippen LogP contribution in [0.4, 0.5) is 0 Å². The molecular formula is C7H11N3. The first kappa shape index (κ1) is 6.86. The number of aryl methyl sites for hydroxylation is 1. The Labute approximate surface area is 60.2 Å². The molecule has 1 heterocycles. The summed E-state index contributed by atoms with van der Waals surface area (Å²) in [4.78, 5) is 0. The third kappa shape index (κ3) is 1.18. The van der Waals surface area contributed by atoms with Gasteiger partial charge in [0.1, 0.15) is 0 Å². The predicted molar refractivity (Wildman–Crippen MR) is 41.8 cm³/mol. The summed E-state index contributed by atoms with van der Waals surface area (Å²) in [6, 6.07) is 1.98. The van der Waals surface area contributed by atoms with Gasteiger partial charge in [0.2, 0.25) is 0 Å². The van der Waals surface area contributed by atoms with Gasteiger partial charge < -0.3 is 10.4 Å². The van der Waals surface area contributed by atoms with Crippen molar-refractivity contribution in [2.45, 2.75) is 6.92 Å². The van der Waals surface area contributed by atoms with Gasteiger partial charge in [-0.25, -0.2) is 0 Å². The molecule has 0 saturated carbocycles. The summed E-state index contributed by atoms with van der Waals surface area (Å²) < 4.78 is 1.96. The maximum Gasteiger partial charge on any atom is 0.0657 e. The molecule has 1 aromatic heterocycles. The summed E-state index contributed by atoms with van der Waals surface area (Å²) in [7, 11) is 1.97. The van der Waals surface area contributed by atoms with Crippen molar-refractivity contribution in [3.05, 3.63) is 24.0 Å². The summed E-state index contributed by atoms with van der Waals surface area (Å²) in [6.45, 7) is 1.88. The molecule has 3 nitrogen and oxygen atoms in total. The molecule has 0 aromatic carbocycles. The lowest BCUT2D eigenvalue weighted by atomic mass is 10.2. The van der Waals surface area contributed by atoms with Crippen molar-refractivity contribution in [1.29, 1.82) is 0 Å². The van der Waals surface area contributed by atoms with Crippen molar-refractivity contribution in [3.63, 3.8) is 0 Å². The van der Waals surface area contributed by atoms with Gasteiger partial charge in [-0.05, 0) is 13.0 Å². The van der Waals surface area contributed by atoms with E-state index in [2.05, 4.69) is 5.10 Å². The molecule has 0 saturated heterocycles. The molecule has 0 fully saturated rings. The van der Waals surface area contributed by atoms with E-state index in [4.69, 9.17) is 5.84 Å². The highest BCUT2D eigenvalue weighted by molar-refractivity contribution is 5.98. The van der Waals surface area contributed by atoms with Crippen LogP contribution in [0.15, 0.2) is 23.6 Å². The molecule has 0 spiro atoms. The molecule has 0 atom stereocenters. The van der Waals surface area contributed by atoms with Crippen LogP contribution in [0.3, 0.4) is 0 Å². The first-order valence-electron chi connectivity index (χ1n) is 3.11. The van der Waals surface area contributed by atoms with E-state index in [0.29, 0.717) is 0 Å². The Balaban J connectivity index is 2.95. The molecule has 0 aliphatic heterocycles. The summed E-state index contributed by atoms with van der Waals surface area (Å²) in [5, 5.41) is 3.58. The molecule has 54 valence electrons. The number of hydrogen-bond acceptors (Lipinski definition) is 2. The van der Waals surface area contributed by atoms with Gasteiger partial charge in [-0.1, -0.05) is 0 Å². The highest BCUT2D eigenvalue weighted by atomic mass is 15.1. The van der Waals surface area contributed by atoms with Crippen molar-refractivity contribution >= 4 is 5.71 Å². The normalized spacial score (nSPS) is 12.0. The monoisotopic (exact) mass is 137 g/mol. The predicted octanol–water partition coefficient (Wildman–Crippen LogP) is 0.708. The molecular weight excluding hydrogens is 126 g/mol. The zero-order valence-corrected chi connectivity index (χ0v) is 6.20. The molecule has 0 amide bonds.